The lowest BCUT2D eigenvalue weighted by Crippen LogP contribution is -2.43. The van der Waals surface area contributed by atoms with E-state index in [-0.39, 0.29) is 11.9 Å². The van der Waals surface area contributed by atoms with E-state index in [1.165, 1.54) is 0 Å². The number of carbonyl (C=O) groups is 1. The summed E-state index contributed by atoms with van der Waals surface area (Å²) in [5.41, 5.74) is 3.25. The van der Waals surface area contributed by atoms with Gasteiger partial charge in [-0.05, 0) is 45.2 Å². The van der Waals surface area contributed by atoms with Gasteiger partial charge in [-0.25, -0.2) is 0 Å². The topological polar surface area (TPSA) is 47.4 Å². The molecule has 2 aromatic rings. The van der Waals surface area contributed by atoms with Crippen molar-refractivity contribution >= 4 is 5.91 Å². The number of benzene rings is 1. The molecule has 0 saturated carbocycles. The summed E-state index contributed by atoms with van der Waals surface area (Å²) in [6.07, 6.45) is 1.64. The highest BCUT2D eigenvalue weighted by molar-refractivity contribution is 5.81. The molecular weight excluding hydrogens is 314 g/mol. The van der Waals surface area contributed by atoms with Crippen molar-refractivity contribution in [2.24, 2.45) is 0 Å². The van der Waals surface area contributed by atoms with Gasteiger partial charge in [0.05, 0.1) is 24.9 Å². The van der Waals surface area contributed by atoms with Crippen molar-refractivity contribution in [3.05, 3.63) is 53.3 Å². The summed E-state index contributed by atoms with van der Waals surface area (Å²) in [5, 5.41) is 4.54. The molecule has 2 heterocycles. The molecule has 0 radical (unpaired) electrons. The van der Waals surface area contributed by atoms with Crippen molar-refractivity contribution in [3.8, 4) is 0 Å². The predicted octanol–water partition coefficient (Wildman–Crippen LogP) is 3.10. The van der Waals surface area contributed by atoms with Crippen LogP contribution in [0.5, 0.6) is 0 Å². The second-order valence-electron chi connectivity index (χ2n) is 6.88. The lowest BCUT2D eigenvalue weighted by molar-refractivity contribution is -0.144. The molecule has 1 aliphatic heterocycles. The lowest BCUT2D eigenvalue weighted by Gasteiger charge is -2.28. The van der Waals surface area contributed by atoms with Gasteiger partial charge in [-0.2, -0.15) is 5.10 Å². The zero-order chi connectivity index (χ0) is 17.8. The number of nitrogens with zero attached hydrogens (tertiary/aromatic N) is 3. The molecule has 3 rings (SSSR count). The molecule has 0 bridgehead atoms. The average Bonchev–Trinajstić information content (AvgIpc) is 3.19. The van der Waals surface area contributed by atoms with Crippen LogP contribution in [-0.2, 0) is 22.7 Å². The first kappa shape index (κ1) is 17.7. The molecule has 1 saturated heterocycles. The van der Waals surface area contributed by atoms with Crippen LogP contribution < -0.4 is 0 Å². The van der Waals surface area contributed by atoms with Gasteiger partial charge < -0.3 is 9.64 Å². The summed E-state index contributed by atoms with van der Waals surface area (Å²) < 4.78 is 7.83. The summed E-state index contributed by atoms with van der Waals surface area (Å²) in [5.74, 6) is 0.0833. The van der Waals surface area contributed by atoms with Crippen LogP contribution in [-0.4, -0.2) is 39.3 Å². The van der Waals surface area contributed by atoms with Gasteiger partial charge in [-0.1, -0.05) is 30.3 Å². The summed E-state index contributed by atoms with van der Waals surface area (Å²) in [4.78, 5) is 14.8. The van der Waals surface area contributed by atoms with Gasteiger partial charge in [-0.15, -0.1) is 0 Å². The van der Waals surface area contributed by atoms with E-state index in [0.29, 0.717) is 6.61 Å². The monoisotopic (exact) mass is 341 g/mol. The zero-order valence-electron chi connectivity index (χ0n) is 15.3. The third kappa shape index (κ3) is 4.28. The quantitative estimate of drug-likeness (QED) is 0.811. The Labute approximate surface area is 149 Å². The molecule has 1 aliphatic rings. The molecule has 2 atom stereocenters. The number of carbonyl (C=O) groups excluding carboxylic acids is 1. The number of likely N-dealkylation sites (tertiary alicyclic amines) is 1. The van der Waals surface area contributed by atoms with Crippen molar-refractivity contribution in [1.29, 1.82) is 0 Å². The molecule has 1 amide bonds. The number of aromatic nitrogens is 2. The number of amides is 1. The van der Waals surface area contributed by atoms with Crippen LogP contribution in [0.15, 0.2) is 36.4 Å². The van der Waals surface area contributed by atoms with Gasteiger partial charge in [0, 0.05) is 12.2 Å². The van der Waals surface area contributed by atoms with Crippen LogP contribution in [0.4, 0.5) is 0 Å². The van der Waals surface area contributed by atoms with Crippen LogP contribution in [0.25, 0.3) is 0 Å². The Balaban J connectivity index is 1.59. The highest BCUT2D eigenvalue weighted by atomic mass is 16.5. The Morgan fingerprint density at radius 3 is 2.76 bits per heavy atom. The Hall–Kier alpha value is -2.14. The second kappa shape index (κ2) is 7.83. The van der Waals surface area contributed by atoms with Crippen molar-refractivity contribution in [1.82, 2.24) is 14.7 Å². The first-order valence-electron chi connectivity index (χ1n) is 9.01. The van der Waals surface area contributed by atoms with Crippen LogP contribution >= 0.6 is 0 Å². The Bertz CT molecular complexity index is 711. The standard InChI is InChI=1S/C20H27N3O2/c1-15-12-16(2)23(21-15)13-19-10-7-11-22(19)20(24)17(3)25-14-18-8-5-4-6-9-18/h4-6,8-9,12,17,19H,7,10-11,13-14H2,1-3H3/t17-,19+/m0/s1. The van der Waals surface area contributed by atoms with Gasteiger partial charge in [-0.3, -0.25) is 9.48 Å². The molecule has 1 aromatic carbocycles. The van der Waals surface area contributed by atoms with E-state index in [2.05, 4.69) is 18.1 Å². The number of aryl methyl sites for hydroxylation is 2. The molecule has 25 heavy (non-hydrogen) atoms. The van der Waals surface area contributed by atoms with E-state index in [9.17, 15) is 4.79 Å². The Morgan fingerprint density at radius 2 is 2.08 bits per heavy atom. The van der Waals surface area contributed by atoms with Crippen LogP contribution in [0.2, 0.25) is 0 Å². The predicted molar refractivity (Wildman–Crippen MR) is 97.1 cm³/mol. The number of hydrogen-bond donors (Lipinski definition) is 0. The van der Waals surface area contributed by atoms with E-state index in [1.807, 2.05) is 53.8 Å². The summed E-state index contributed by atoms with van der Waals surface area (Å²) in [6.45, 7) is 7.94. The van der Waals surface area contributed by atoms with Crippen LogP contribution in [0, 0.1) is 13.8 Å². The fraction of sp³-hybridized carbons (Fsp3) is 0.500. The molecule has 1 aromatic heterocycles. The number of ether oxygens (including phenoxy) is 1. The summed E-state index contributed by atoms with van der Waals surface area (Å²) in [7, 11) is 0. The van der Waals surface area contributed by atoms with Gasteiger partial charge in [0.15, 0.2) is 0 Å². The third-order valence-electron chi connectivity index (χ3n) is 4.84. The first-order chi connectivity index (χ1) is 12.0. The molecule has 0 N–H and O–H groups in total. The van der Waals surface area contributed by atoms with E-state index >= 15 is 0 Å². The SMILES string of the molecule is Cc1cc(C)n(C[C@H]2CCCN2C(=O)[C@H](C)OCc2ccccc2)n1. The smallest absolute Gasteiger partial charge is 0.251 e. The molecule has 5 heteroatoms. The Morgan fingerprint density at radius 1 is 1.32 bits per heavy atom. The van der Waals surface area contributed by atoms with Crippen molar-refractivity contribution in [2.75, 3.05) is 6.54 Å². The van der Waals surface area contributed by atoms with Crippen LogP contribution in [0.3, 0.4) is 0 Å². The van der Waals surface area contributed by atoms with E-state index in [0.717, 1.165) is 42.9 Å². The summed E-state index contributed by atoms with van der Waals surface area (Å²) in [6, 6.07) is 12.2. The highest BCUT2D eigenvalue weighted by Crippen LogP contribution is 2.21. The van der Waals surface area contributed by atoms with Crippen molar-refractivity contribution < 1.29 is 9.53 Å². The van der Waals surface area contributed by atoms with E-state index in [4.69, 9.17) is 4.74 Å². The van der Waals surface area contributed by atoms with Crippen LogP contribution in [0.1, 0.15) is 36.7 Å². The van der Waals surface area contributed by atoms with Crippen molar-refractivity contribution in [3.63, 3.8) is 0 Å². The number of hydrogen-bond acceptors (Lipinski definition) is 3. The maximum Gasteiger partial charge on any atom is 0.251 e. The fourth-order valence-electron chi connectivity index (χ4n) is 3.48. The molecule has 134 valence electrons. The summed E-state index contributed by atoms with van der Waals surface area (Å²) >= 11 is 0. The fourth-order valence-corrected chi connectivity index (χ4v) is 3.48. The molecule has 0 spiro atoms. The van der Waals surface area contributed by atoms with E-state index < -0.39 is 6.10 Å². The largest absolute Gasteiger partial charge is 0.364 e. The highest BCUT2D eigenvalue weighted by Gasteiger charge is 2.32. The first-order valence-corrected chi connectivity index (χ1v) is 9.01. The molecule has 1 fully saturated rings. The molecule has 5 nitrogen and oxygen atoms in total. The molecule has 0 aliphatic carbocycles. The lowest BCUT2D eigenvalue weighted by atomic mass is 10.2. The maximum atomic E-state index is 12.8. The minimum absolute atomic E-state index is 0.0833. The average molecular weight is 341 g/mol. The Kier molecular flexibility index (Phi) is 5.53. The van der Waals surface area contributed by atoms with Crippen molar-refractivity contribution in [2.45, 2.75) is 58.9 Å². The van der Waals surface area contributed by atoms with Gasteiger partial charge in [0.1, 0.15) is 6.10 Å². The number of rotatable bonds is 6. The minimum Gasteiger partial charge on any atom is -0.364 e. The van der Waals surface area contributed by atoms with Gasteiger partial charge in [0.25, 0.3) is 5.91 Å². The maximum absolute atomic E-state index is 12.8. The van der Waals surface area contributed by atoms with E-state index in [1.54, 1.807) is 0 Å². The normalized spacial score (nSPS) is 18.5. The van der Waals surface area contributed by atoms with Gasteiger partial charge >= 0.3 is 0 Å². The minimum atomic E-state index is -0.429. The zero-order valence-corrected chi connectivity index (χ0v) is 15.3. The second-order valence-corrected chi connectivity index (χ2v) is 6.88. The molecular formula is C20H27N3O2. The third-order valence-corrected chi connectivity index (χ3v) is 4.84. The molecule has 0 unspecified atom stereocenters. The van der Waals surface area contributed by atoms with Gasteiger partial charge in [0.2, 0.25) is 0 Å².